The van der Waals surface area contributed by atoms with E-state index in [0.717, 1.165) is 16.0 Å². The Hall–Kier alpha value is -3.61. The number of ether oxygens (including phenoxy) is 1. The third-order valence-corrected chi connectivity index (χ3v) is 5.42. The predicted octanol–water partition coefficient (Wildman–Crippen LogP) is 5.55. The molecule has 0 unspecified atom stereocenters. The molecule has 33 heavy (non-hydrogen) atoms. The molecule has 0 radical (unpaired) electrons. The fourth-order valence-corrected chi connectivity index (χ4v) is 3.69. The minimum absolute atomic E-state index is 0.215. The van der Waals surface area contributed by atoms with Gasteiger partial charge in [0.1, 0.15) is 17.9 Å². The second-order valence-corrected chi connectivity index (χ2v) is 8.27. The third kappa shape index (κ3) is 5.08. The van der Waals surface area contributed by atoms with Crippen molar-refractivity contribution in [3.05, 3.63) is 99.0 Å². The lowest BCUT2D eigenvalue weighted by atomic mass is 10.1. The molecular formula is C25H18Cl2N2O4. The van der Waals surface area contributed by atoms with Crippen molar-refractivity contribution < 1.29 is 19.1 Å². The molecule has 0 bridgehead atoms. The Morgan fingerprint density at radius 2 is 1.67 bits per heavy atom. The molecule has 4 amide bonds. The normalized spacial score (nSPS) is 15.1. The summed E-state index contributed by atoms with van der Waals surface area (Å²) in [5.41, 5.74) is 2.37. The van der Waals surface area contributed by atoms with Gasteiger partial charge in [-0.15, -0.1) is 0 Å². The number of nitrogens with zero attached hydrogens (tertiary/aromatic N) is 1. The Bertz CT molecular complexity index is 1290. The molecule has 8 heteroatoms. The van der Waals surface area contributed by atoms with Crippen LogP contribution in [0, 0.1) is 6.92 Å². The second-order valence-electron chi connectivity index (χ2n) is 7.39. The van der Waals surface area contributed by atoms with Crippen LogP contribution in [0.4, 0.5) is 10.5 Å². The van der Waals surface area contributed by atoms with Gasteiger partial charge in [-0.05, 0) is 61.0 Å². The lowest BCUT2D eigenvalue weighted by Crippen LogP contribution is -2.54. The maximum Gasteiger partial charge on any atom is 0.335 e. The highest BCUT2D eigenvalue weighted by Gasteiger charge is 2.37. The van der Waals surface area contributed by atoms with Crippen LogP contribution in [0.1, 0.15) is 16.7 Å². The molecular weight excluding hydrogens is 463 g/mol. The summed E-state index contributed by atoms with van der Waals surface area (Å²) in [4.78, 5) is 39.0. The topological polar surface area (TPSA) is 75.7 Å². The molecule has 3 aromatic rings. The van der Waals surface area contributed by atoms with Crippen LogP contribution in [-0.4, -0.2) is 17.8 Å². The van der Waals surface area contributed by atoms with E-state index >= 15 is 0 Å². The molecule has 6 nitrogen and oxygen atoms in total. The van der Waals surface area contributed by atoms with E-state index < -0.39 is 17.8 Å². The minimum atomic E-state index is -0.811. The minimum Gasteiger partial charge on any atom is -0.488 e. The summed E-state index contributed by atoms with van der Waals surface area (Å²) in [6.45, 7) is 2.10. The number of halogens is 2. The zero-order valence-electron chi connectivity index (χ0n) is 17.5. The van der Waals surface area contributed by atoms with Crippen molar-refractivity contribution in [3.63, 3.8) is 0 Å². The largest absolute Gasteiger partial charge is 0.488 e. The number of rotatable bonds is 5. The Balaban J connectivity index is 1.67. The number of carbonyl (C=O) groups excluding carboxylic acids is 3. The Morgan fingerprint density at radius 3 is 2.39 bits per heavy atom. The SMILES string of the molecule is Cc1ccc(N2C(=O)NC(=O)/C(=C\c3cc(Cl)ccc3OCc3cccc(Cl)c3)C2=O)cc1. The average Bonchev–Trinajstić information content (AvgIpc) is 2.77. The molecule has 1 fully saturated rings. The van der Waals surface area contributed by atoms with Crippen molar-refractivity contribution in [1.82, 2.24) is 5.32 Å². The lowest BCUT2D eigenvalue weighted by molar-refractivity contribution is -0.122. The molecule has 166 valence electrons. The summed E-state index contributed by atoms with van der Waals surface area (Å²) in [5.74, 6) is -1.13. The molecule has 0 aliphatic carbocycles. The number of barbiturate groups is 1. The summed E-state index contributed by atoms with van der Waals surface area (Å²) >= 11 is 12.2. The first-order chi connectivity index (χ1) is 15.8. The summed E-state index contributed by atoms with van der Waals surface area (Å²) < 4.78 is 5.91. The molecule has 4 rings (SSSR count). The van der Waals surface area contributed by atoms with Crippen molar-refractivity contribution in [2.45, 2.75) is 13.5 Å². The number of aryl methyl sites for hydroxylation is 1. The molecule has 1 saturated heterocycles. The third-order valence-electron chi connectivity index (χ3n) is 4.95. The van der Waals surface area contributed by atoms with Crippen molar-refractivity contribution in [2.75, 3.05) is 4.90 Å². The van der Waals surface area contributed by atoms with Gasteiger partial charge < -0.3 is 4.74 Å². The van der Waals surface area contributed by atoms with Crippen LogP contribution in [0.3, 0.4) is 0 Å². The molecule has 1 N–H and O–H groups in total. The van der Waals surface area contributed by atoms with Gasteiger partial charge >= 0.3 is 6.03 Å². The number of carbonyl (C=O) groups is 3. The van der Waals surface area contributed by atoms with Crippen LogP contribution in [-0.2, 0) is 16.2 Å². The highest BCUT2D eigenvalue weighted by Crippen LogP contribution is 2.29. The van der Waals surface area contributed by atoms with Gasteiger partial charge in [-0.25, -0.2) is 9.69 Å². The van der Waals surface area contributed by atoms with E-state index in [1.807, 2.05) is 19.1 Å². The monoisotopic (exact) mass is 480 g/mol. The number of urea groups is 1. The molecule has 0 atom stereocenters. The van der Waals surface area contributed by atoms with Crippen LogP contribution in [0.25, 0.3) is 6.08 Å². The maximum atomic E-state index is 13.1. The van der Waals surface area contributed by atoms with E-state index in [0.29, 0.717) is 27.0 Å². The predicted molar refractivity (Wildman–Crippen MR) is 127 cm³/mol. The molecule has 0 saturated carbocycles. The number of anilines is 1. The molecule has 0 aromatic heterocycles. The zero-order chi connectivity index (χ0) is 23.5. The van der Waals surface area contributed by atoms with E-state index in [-0.39, 0.29) is 12.2 Å². The number of amides is 4. The summed E-state index contributed by atoms with van der Waals surface area (Å²) in [6.07, 6.45) is 1.37. The van der Waals surface area contributed by atoms with Crippen molar-refractivity contribution in [3.8, 4) is 5.75 Å². The first kappa shape index (κ1) is 22.6. The highest BCUT2D eigenvalue weighted by atomic mass is 35.5. The van der Waals surface area contributed by atoms with Gasteiger partial charge in [0.15, 0.2) is 0 Å². The quantitative estimate of drug-likeness (QED) is 0.383. The molecule has 1 heterocycles. The van der Waals surface area contributed by atoms with E-state index in [2.05, 4.69) is 5.32 Å². The number of hydrogen-bond donors (Lipinski definition) is 1. The van der Waals surface area contributed by atoms with Crippen LogP contribution >= 0.6 is 23.2 Å². The second kappa shape index (κ2) is 9.48. The van der Waals surface area contributed by atoms with Gasteiger partial charge in [0.2, 0.25) is 0 Å². The smallest absolute Gasteiger partial charge is 0.335 e. The van der Waals surface area contributed by atoms with Crippen molar-refractivity contribution in [1.29, 1.82) is 0 Å². The molecule has 3 aromatic carbocycles. The van der Waals surface area contributed by atoms with E-state index in [4.69, 9.17) is 27.9 Å². The first-order valence-electron chi connectivity index (χ1n) is 9.97. The van der Waals surface area contributed by atoms with Crippen LogP contribution in [0.5, 0.6) is 5.75 Å². The standard InChI is InChI=1S/C25H18Cl2N2O4/c1-15-5-8-20(9-6-15)29-24(31)21(23(30)28-25(29)32)13-17-12-19(27)7-10-22(17)33-14-16-3-2-4-18(26)11-16/h2-13H,14H2,1H3,(H,28,30,32)/b21-13+. The lowest BCUT2D eigenvalue weighted by Gasteiger charge is -2.26. The van der Waals surface area contributed by atoms with Crippen LogP contribution in [0.2, 0.25) is 10.0 Å². The number of hydrogen-bond acceptors (Lipinski definition) is 4. The van der Waals surface area contributed by atoms with Gasteiger partial charge in [-0.2, -0.15) is 0 Å². The summed E-state index contributed by atoms with van der Waals surface area (Å²) in [7, 11) is 0. The first-order valence-corrected chi connectivity index (χ1v) is 10.7. The fraction of sp³-hybridized carbons (Fsp3) is 0.0800. The van der Waals surface area contributed by atoms with E-state index in [9.17, 15) is 14.4 Å². The molecule has 1 aliphatic heterocycles. The van der Waals surface area contributed by atoms with Crippen molar-refractivity contribution >= 4 is 52.8 Å². The number of imide groups is 2. The fourth-order valence-electron chi connectivity index (χ4n) is 3.29. The maximum absolute atomic E-state index is 13.1. The van der Waals surface area contributed by atoms with E-state index in [1.54, 1.807) is 54.6 Å². The average molecular weight is 481 g/mol. The van der Waals surface area contributed by atoms with Gasteiger partial charge in [-0.3, -0.25) is 14.9 Å². The van der Waals surface area contributed by atoms with Crippen LogP contribution in [0.15, 0.2) is 72.3 Å². The van der Waals surface area contributed by atoms with Crippen LogP contribution < -0.4 is 15.0 Å². The Morgan fingerprint density at radius 1 is 0.939 bits per heavy atom. The molecule has 0 spiro atoms. The van der Waals surface area contributed by atoms with Gasteiger partial charge in [0.25, 0.3) is 11.8 Å². The van der Waals surface area contributed by atoms with Gasteiger partial charge in [0.05, 0.1) is 5.69 Å². The number of benzene rings is 3. The van der Waals surface area contributed by atoms with Crippen molar-refractivity contribution in [2.24, 2.45) is 0 Å². The Kier molecular flexibility index (Phi) is 6.49. The van der Waals surface area contributed by atoms with Gasteiger partial charge in [0, 0.05) is 15.6 Å². The van der Waals surface area contributed by atoms with Gasteiger partial charge in [-0.1, -0.05) is 53.0 Å². The summed E-state index contributed by atoms with van der Waals surface area (Å²) in [5, 5.41) is 3.19. The zero-order valence-corrected chi connectivity index (χ0v) is 19.0. The van der Waals surface area contributed by atoms with E-state index in [1.165, 1.54) is 6.08 Å². The highest BCUT2D eigenvalue weighted by molar-refractivity contribution is 6.39. The number of nitrogens with one attached hydrogen (secondary N) is 1. The summed E-state index contributed by atoms with van der Waals surface area (Å²) in [6, 6.07) is 18.1. The Labute approximate surface area is 200 Å². The molecule has 1 aliphatic rings.